The molecule has 1 N–H and O–H groups in total. The number of aliphatic carboxylic acids is 1. The minimum atomic E-state index is -0.953. The van der Waals surface area contributed by atoms with Crippen LogP contribution in [-0.2, 0) is 9.53 Å². The second-order valence-corrected chi connectivity index (χ2v) is 4.80. The van der Waals surface area contributed by atoms with Gasteiger partial charge in [-0.3, -0.25) is 0 Å². The summed E-state index contributed by atoms with van der Waals surface area (Å²) in [5, 5.41) is 12.9. The fourth-order valence-corrected chi connectivity index (χ4v) is 2.30. The molecular formula is C14H14N2O4. The molecule has 3 rings (SSSR count). The zero-order chi connectivity index (χ0) is 14.1. The van der Waals surface area contributed by atoms with Crippen LogP contribution in [0.25, 0.3) is 11.4 Å². The Balaban J connectivity index is 1.81. The van der Waals surface area contributed by atoms with Crippen molar-refractivity contribution in [1.82, 2.24) is 10.1 Å². The number of benzene rings is 1. The Hall–Kier alpha value is -2.21. The van der Waals surface area contributed by atoms with Gasteiger partial charge >= 0.3 is 5.97 Å². The third-order valence-electron chi connectivity index (χ3n) is 3.40. The maximum absolute atomic E-state index is 10.9. The van der Waals surface area contributed by atoms with Gasteiger partial charge < -0.3 is 14.4 Å². The number of carboxylic acids is 1. The molecule has 1 aliphatic heterocycles. The van der Waals surface area contributed by atoms with Gasteiger partial charge in [0.05, 0.1) is 0 Å². The van der Waals surface area contributed by atoms with E-state index in [1.54, 1.807) is 0 Å². The van der Waals surface area contributed by atoms with Crippen molar-refractivity contribution >= 4 is 5.97 Å². The van der Waals surface area contributed by atoms with Crippen molar-refractivity contribution in [3.05, 3.63) is 35.7 Å². The van der Waals surface area contributed by atoms with Gasteiger partial charge in [0.25, 0.3) is 5.89 Å². The average Bonchev–Trinajstić information content (AvgIpc) is 3.08. The van der Waals surface area contributed by atoms with Gasteiger partial charge in [0.1, 0.15) is 6.10 Å². The summed E-state index contributed by atoms with van der Waals surface area (Å²) < 4.78 is 10.6. The summed E-state index contributed by atoms with van der Waals surface area (Å²) in [7, 11) is 0. The number of ether oxygens (including phenoxy) is 1. The van der Waals surface area contributed by atoms with Crippen molar-refractivity contribution in [2.24, 2.45) is 0 Å². The molecule has 0 radical (unpaired) electrons. The average molecular weight is 274 g/mol. The first kappa shape index (κ1) is 12.8. The number of hydrogen-bond acceptors (Lipinski definition) is 5. The maximum Gasteiger partial charge on any atom is 0.332 e. The molecule has 104 valence electrons. The molecule has 2 atom stereocenters. The first-order valence-corrected chi connectivity index (χ1v) is 6.43. The lowest BCUT2D eigenvalue weighted by Crippen LogP contribution is -2.18. The summed E-state index contributed by atoms with van der Waals surface area (Å²) in [5.74, 6) is -0.112. The van der Waals surface area contributed by atoms with Crippen LogP contribution >= 0.6 is 0 Å². The number of nitrogens with zero attached hydrogens (tertiary/aromatic N) is 2. The van der Waals surface area contributed by atoms with Crippen molar-refractivity contribution in [3.8, 4) is 11.4 Å². The van der Waals surface area contributed by atoms with E-state index in [-0.39, 0.29) is 0 Å². The van der Waals surface area contributed by atoms with Gasteiger partial charge in [-0.1, -0.05) is 29.4 Å². The molecule has 0 aliphatic carbocycles. The van der Waals surface area contributed by atoms with Crippen molar-refractivity contribution in [1.29, 1.82) is 0 Å². The van der Waals surface area contributed by atoms with Crippen LogP contribution in [-0.4, -0.2) is 27.3 Å². The van der Waals surface area contributed by atoms with Crippen LogP contribution in [0.5, 0.6) is 0 Å². The van der Waals surface area contributed by atoms with Crippen LogP contribution in [0.4, 0.5) is 0 Å². The van der Waals surface area contributed by atoms with Crippen LogP contribution in [0.3, 0.4) is 0 Å². The lowest BCUT2D eigenvalue weighted by Gasteiger charge is -2.05. The third-order valence-corrected chi connectivity index (χ3v) is 3.40. The first-order chi connectivity index (χ1) is 9.65. The molecular weight excluding hydrogens is 260 g/mol. The van der Waals surface area contributed by atoms with Crippen molar-refractivity contribution in [2.45, 2.75) is 32.0 Å². The van der Waals surface area contributed by atoms with E-state index >= 15 is 0 Å². The number of aromatic nitrogens is 2. The van der Waals surface area contributed by atoms with Gasteiger partial charge in [-0.25, -0.2) is 4.79 Å². The second kappa shape index (κ2) is 5.05. The molecule has 2 aromatic rings. The maximum atomic E-state index is 10.9. The monoisotopic (exact) mass is 274 g/mol. The Morgan fingerprint density at radius 1 is 1.35 bits per heavy atom. The Kier molecular flexibility index (Phi) is 3.23. The molecule has 1 saturated heterocycles. The van der Waals surface area contributed by atoms with Gasteiger partial charge in [0, 0.05) is 5.56 Å². The molecule has 1 aromatic carbocycles. The SMILES string of the molecule is Cc1ccccc1-c1noc(C2CCC(C(=O)O)O2)n1. The van der Waals surface area contributed by atoms with Gasteiger partial charge in [0.2, 0.25) is 5.82 Å². The van der Waals surface area contributed by atoms with Crippen molar-refractivity contribution in [3.63, 3.8) is 0 Å². The summed E-state index contributed by atoms with van der Waals surface area (Å²) in [5.41, 5.74) is 1.95. The van der Waals surface area contributed by atoms with Crippen LogP contribution in [0.15, 0.2) is 28.8 Å². The first-order valence-electron chi connectivity index (χ1n) is 6.43. The number of hydrogen-bond donors (Lipinski definition) is 1. The van der Waals surface area contributed by atoms with E-state index in [2.05, 4.69) is 10.1 Å². The molecule has 0 amide bonds. The van der Waals surface area contributed by atoms with E-state index in [4.69, 9.17) is 14.4 Å². The standard InChI is InChI=1S/C14H14N2O4/c1-8-4-2-3-5-9(8)12-15-13(20-16-12)10-6-7-11(19-10)14(17)18/h2-5,10-11H,6-7H2,1H3,(H,17,18). The lowest BCUT2D eigenvalue weighted by molar-refractivity contribution is -0.150. The summed E-state index contributed by atoms with van der Waals surface area (Å²) in [6.07, 6.45) is -0.177. The van der Waals surface area contributed by atoms with Gasteiger partial charge in [0.15, 0.2) is 6.10 Å². The number of aryl methyl sites for hydroxylation is 1. The second-order valence-electron chi connectivity index (χ2n) is 4.80. The molecule has 2 unspecified atom stereocenters. The third kappa shape index (κ3) is 2.30. The van der Waals surface area contributed by atoms with Crippen LogP contribution < -0.4 is 0 Å². The summed E-state index contributed by atoms with van der Waals surface area (Å²) in [4.78, 5) is 15.2. The van der Waals surface area contributed by atoms with Gasteiger partial charge in [-0.2, -0.15) is 4.98 Å². The largest absolute Gasteiger partial charge is 0.479 e. The molecule has 0 bridgehead atoms. The summed E-state index contributed by atoms with van der Waals surface area (Å²) >= 11 is 0. The molecule has 0 saturated carbocycles. The Labute approximate surface area is 115 Å². The Morgan fingerprint density at radius 2 is 2.15 bits per heavy atom. The molecule has 1 aliphatic rings. The van der Waals surface area contributed by atoms with Crippen molar-refractivity contribution in [2.75, 3.05) is 0 Å². The molecule has 1 aromatic heterocycles. The zero-order valence-corrected chi connectivity index (χ0v) is 10.9. The van der Waals surface area contributed by atoms with E-state index in [0.717, 1.165) is 11.1 Å². The summed E-state index contributed by atoms with van der Waals surface area (Å²) in [6, 6.07) is 7.74. The summed E-state index contributed by atoms with van der Waals surface area (Å²) in [6.45, 7) is 1.97. The van der Waals surface area contributed by atoms with Gasteiger partial charge in [-0.15, -0.1) is 0 Å². The highest BCUT2D eigenvalue weighted by molar-refractivity contribution is 5.72. The van der Waals surface area contributed by atoms with Crippen LogP contribution in [0, 0.1) is 6.92 Å². The molecule has 6 heteroatoms. The molecule has 1 fully saturated rings. The highest BCUT2D eigenvalue weighted by atomic mass is 16.5. The van der Waals surface area contributed by atoms with Crippen LogP contribution in [0.1, 0.15) is 30.4 Å². The highest BCUT2D eigenvalue weighted by Crippen LogP contribution is 2.33. The predicted octanol–water partition coefficient (Wildman–Crippen LogP) is 2.35. The smallest absolute Gasteiger partial charge is 0.332 e. The number of carbonyl (C=O) groups is 1. The van der Waals surface area contributed by atoms with Crippen molar-refractivity contribution < 1.29 is 19.2 Å². The van der Waals surface area contributed by atoms with Gasteiger partial charge in [-0.05, 0) is 25.3 Å². The Morgan fingerprint density at radius 3 is 2.85 bits per heavy atom. The molecule has 0 spiro atoms. The zero-order valence-electron chi connectivity index (χ0n) is 10.9. The molecule has 6 nitrogen and oxygen atoms in total. The highest BCUT2D eigenvalue weighted by Gasteiger charge is 2.34. The van der Waals surface area contributed by atoms with E-state index in [9.17, 15) is 4.79 Å². The minimum absolute atomic E-state index is 0.340. The topological polar surface area (TPSA) is 85.5 Å². The molecule has 2 heterocycles. The number of rotatable bonds is 3. The number of carboxylic acid groups (broad SMARTS) is 1. The van der Waals surface area contributed by atoms with E-state index in [1.807, 2.05) is 31.2 Å². The fourth-order valence-electron chi connectivity index (χ4n) is 2.30. The van der Waals surface area contributed by atoms with E-state index in [0.29, 0.717) is 24.6 Å². The van der Waals surface area contributed by atoms with E-state index < -0.39 is 18.2 Å². The Bertz CT molecular complexity index is 638. The predicted molar refractivity (Wildman–Crippen MR) is 69.0 cm³/mol. The van der Waals surface area contributed by atoms with E-state index in [1.165, 1.54) is 0 Å². The lowest BCUT2D eigenvalue weighted by atomic mass is 10.1. The molecule has 20 heavy (non-hydrogen) atoms. The fraction of sp³-hybridized carbons (Fsp3) is 0.357. The normalized spacial score (nSPS) is 22.1. The quantitative estimate of drug-likeness (QED) is 0.924. The minimum Gasteiger partial charge on any atom is -0.479 e. The van der Waals surface area contributed by atoms with Crippen LogP contribution in [0.2, 0.25) is 0 Å².